The van der Waals surface area contributed by atoms with Crippen LogP contribution in [0, 0.1) is 6.92 Å². The molecular formula is C25H22N4S. The van der Waals surface area contributed by atoms with Gasteiger partial charge in [-0.1, -0.05) is 42.5 Å². The number of para-hydroxylation sites is 2. The summed E-state index contributed by atoms with van der Waals surface area (Å²) in [7, 11) is 0. The summed E-state index contributed by atoms with van der Waals surface area (Å²) in [5.74, 6) is 0. The van der Waals surface area contributed by atoms with Crippen LogP contribution in [0.1, 0.15) is 29.2 Å². The van der Waals surface area contributed by atoms with Crippen LogP contribution in [0.15, 0.2) is 97.2 Å². The minimum atomic E-state index is -0.0596. The van der Waals surface area contributed by atoms with Crippen LogP contribution in [0.3, 0.4) is 0 Å². The highest BCUT2D eigenvalue weighted by Gasteiger charge is 2.42. The molecular weight excluding hydrogens is 388 g/mol. The molecule has 0 bridgehead atoms. The number of pyridine rings is 1. The second kappa shape index (κ2) is 7.76. The Morgan fingerprint density at radius 3 is 2.13 bits per heavy atom. The maximum Gasteiger partial charge on any atom is 0.174 e. The van der Waals surface area contributed by atoms with Gasteiger partial charge in [-0.15, -0.1) is 0 Å². The van der Waals surface area contributed by atoms with Crippen molar-refractivity contribution in [2.24, 2.45) is 0 Å². The molecule has 2 aromatic heterocycles. The molecule has 4 aromatic rings. The van der Waals surface area contributed by atoms with Gasteiger partial charge in [0.1, 0.15) is 6.04 Å². The molecule has 148 valence electrons. The molecule has 0 saturated carbocycles. The van der Waals surface area contributed by atoms with Gasteiger partial charge in [0.05, 0.1) is 11.7 Å². The first kappa shape index (κ1) is 18.6. The Morgan fingerprint density at radius 2 is 1.47 bits per heavy atom. The zero-order valence-corrected chi connectivity index (χ0v) is 17.5. The summed E-state index contributed by atoms with van der Waals surface area (Å²) in [6.45, 7) is 2.14. The first-order chi connectivity index (χ1) is 14.7. The SMILES string of the molecule is Cc1ccc([C@H]2[C@H](c3ccccn3)NC(=S)N2c2ccccc2)n1-c1ccccc1. The van der Waals surface area contributed by atoms with Crippen LogP contribution in [0.4, 0.5) is 5.69 Å². The largest absolute Gasteiger partial charge is 0.351 e. The van der Waals surface area contributed by atoms with Crippen molar-refractivity contribution < 1.29 is 0 Å². The van der Waals surface area contributed by atoms with Crippen LogP contribution in [-0.4, -0.2) is 14.7 Å². The molecule has 0 aliphatic carbocycles. The summed E-state index contributed by atoms with van der Waals surface area (Å²) in [6.07, 6.45) is 1.84. The van der Waals surface area contributed by atoms with E-state index in [1.807, 2.05) is 42.6 Å². The molecule has 1 saturated heterocycles. The van der Waals surface area contributed by atoms with Crippen molar-refractivity contribution in [3.63, 3.8) is 0 Å². The fourth-order valence-corrected chi connectivity index (χ4v) is 4.59. The Bertz CT molecular complexity index is 1160. The summed E-state index contributed by atoms with van der Waals surface area (Å²) in [5.41, 5.74) is 5.53. The van der Waals surface area contributed by atoms with Gasteiger partial charge in [-0.25, -0.2) is 0 Å². The van der Waals surface area contributed by atoms with Crippen LogP contribution in [0.2, 0.25) is 0 Å². The van der Waals surface area contributed by atoms with E-state index in [4.69, 9.17) is 12.2 Å². The van der Waals surface area contributed by atoms with Crippen molar-refractivity contribution in [2.45, 2.75) is 19.0 Å². The average Bonchev–Trinajstić information content (AvgIpc) is 3.35. The van der Waals surface area contributed by atoms with Crippen molar-refractivity contribution in [3.8, 4) is 5.69 Å². The van der Waals surface area contributed by atoms with E-state index in [9.17, 15) is 0 Å². The molecule has 1 fully saturated rings. The Labute approximate surface area is 181 Å². The van der Waals surface area contributed by atoms with Crippen LogP contribution in [0.25, 0.3) is 5.69 Å². The van der Waals surface area contributed by atoms with Gasteiger partial charge >= 0.3 is 0 Å². The van der Waals surface area contributed by atoms with E-state index in [1.54, 1.807) is 0 Å². The molecule has 2 aromatic carbocycles. The van der Waals surface area contributed by atoms with E-state index in [-0.39, 0.29) is 12.1 Å². The molecule has 2 atom stereocenters. The first-order valence-electron chi connectivity index (χ1n) is 10.0. The number of aryl methyl sites for hydroxylation is 1. The maximum atomic E-state index is 5.82. The number of thiocarbonyl (C=S) groups is 1. The molecule has 5 heteroatoms. The summed E-state index contributed by atoms with van der Waals surface area (Å²) < 4.78 is 2.31. The fraction of sp³-hybridized carbons (Fsp3) is 0.120. The summed E-state index contributed by atoms with van der Waals surface area (Å²) in [4.78, 5) is 6.86. The second-order valence-electron chi connectivity index (χ2n) is 7.40. The number of rotatable bonds is 4. The third-order valence-corrected chi connectivity index (χ3v) is 5.87. The lowest BCUT2D eigenvalue weighted by Gasteiger charge is -2.29. The predicted molar refractivity (Wildman–Crippen MR) is 125 cm³/mol. The number of nitrogens with one attached hydrogen (secondary N) is 1. The van der Waals surface area contributed by atoms with Gasteiger partial charge < -0.3 is 14.8 Å². The molecule has 0 spiro atoms. The van der Waals surface area contributed by atoms with Gasteiger partial charge in [0, 0.05) is 29.0 Å². The molecule has 0 amide bonds. The maximum absolute atomic E-state index is 5.82. The molecule has 30 heavy (non-hydrogen) atoms. The Balaban J connectivity index is 1.70. The van der Waals surface area contributed by atoms with E-state index >= 15 is 0 Å². The van der Waals surface area contributed by atoms with Crippen molar-refractivity contribution in [3.05, 3.63) is 114 Å². The minimum absolute atomic E-state index is 0.0382. The zero-order valence-electron chi connectivity index (χ0n) is 16.6. The van der Waals surface area contributed by atoms with Crippen LogP contribution in [0.5, 0.6) is 0 Å². The lowest BCUT2D eigenvalue weighted by molar-refractivity contribution is 0.548. The summed E-state index contributed by atoms with van der Waals surface area (Å²) in [6, 6.07) is 31.1. The van der Waals surface area contributed by atoms with Gasteiger partial charge in [0.2, 0.25) is 0 Å². The highest BCUT2D eigenvalue weighted by atomic mass is 32.1. The molecule has 3 heterocycles. The van der Waals surface area contributed by atoms with E-state index in [2.05, 4.69) is 81.3 Å². The van der Waals surface area contributed by atoms with Crippen molar-refractivity contribution in [1.29, 1.82) is 0 Å². The first-order valence-corrected chi connectivity index (χ1v) is 10.4. The standard InChI is InChI=1S/C25H22N4S/c1-18-15-16-22(28(18)19-10-4-2-5-11-19)24-23(21-14-8-9-17-26-21)27-25(30)29(24)20-12-6-3-7-13-20/h2-17,23-24H,1H3,(H,27,30)/t23-,24-/m0/s1. The van der Waals surface area contributed by atoms with Gasteiger partial charge in [0.25, 0.3) is 0 Å². The zero-order chi connectivity index (χ0) is 20.5. The Kier molecular flexibility index (Phi) is 4.81. The molecule has 5 rings (SSSR count). The van der Waals surface area contributed by atoms with Gasteiger partial charge in [-0.3, -0.25) is 4.98 Å². The smallest absolute Gasteiger partial charge is 0.174 e. The van der Waals surface area contributed by atoms with Crippen LogP contribution >= 0.6 is 12.2 Å². The molecule has 0 radical (unpaired) electrons. The van der Waals surface area contributed by atoms with Gasteiger partial charge in [-0.2, -0.15) is 0 Å². The quantitative estimate of drug-likeness (QED) is 0.459. The third kappa shape index (κ3) is 3.17. The molecule has 1 aliphatic heterocycles. The van der Waals surface area contributed by atoms with Crippen molar-refractivity contribution in [1.82, 2.24) is 14.9 Å². The Hall–Kier alpha value is -3.44. The average molecular weight is 411 g/mol. The number of aromatic nitrogens is 2. The highest BCUT2D eigenvalue weighted by molar-refractivity contribution is 7.80. The van der Waals surface area contributed by atoms with Crippen LogP contribution in [-0.2, 0) is 0 Å². The number of hydrogen-bond acceptors (Lipinski definition) is 2. The van der Waals surface area contributed by atoms with Gasteiger partial charge in [0.15, 0.2) is 5.11 Å². The second-order valence-corrected chi connectivity index (χ2v) is 7.79. The number of anilines is 1. The van der Waals surface area contributed by atoms with Gasteiger partial charge in [-0.05, 0) is 67.7 Å². The van der Waals surface area contributed by atoms with E-state index in [0.29, 0.717) is 5.11 Å². The normalized spacial score (nSPS) is 18.4. The number of nitrogens with zero attached hydrogens (tertiary/aromatic N) is 3. The molecule has 0 unspecified atom stereocenters. The fourth-order valence-electron chi connectivity index (χ4n) is 4.24. The van der Waals surface area contributed by atoms with Crippen LogP contribution < -0.4 is 10.2 Å². The van der Waals surface area contributed by atoms with E-state index < -0.39 is 0 Å². The molecule has 1 N–H and O–H groups in total. The lowest BCUT2D eigenvalue weighted by atomic mass is 10.0. The third-order valence-electron chi connectivity index (χ3n) is 5.56. The number of hydrogen-bond donors (Lipinski definition) is 1. The minimum Gasteiger partial charge on any atom is -0.351 e. The van der Waals surface area contributed by atoms with E-state index in [0.717, 1.165) is 17.1 Å². The van der Waals surface area contributed by atoms with Crippen molar-refractivity contribution in [2.75, 3.05) is 4.90 Å². The lowest BCUT2D eigenvalue weighted by Crippen LogP contribution is -2.30. The predicted octanol–water partition coefficient (Wildman–Crippen LogP) is 5.36. The van der Waals surface area contributed by atoms with E-state index in [1.165, 1.54) is 11.4 Å². The topological polar surface area (TPSA) is 33.1 Å². The summed E-state index contributed by atoms with van der Waals surface area (Å²) in [5, 5.41) is 4.25. The monoisotopic (exact) mass is 410 g/mol. The Morgan fingerprint density at radius 1 is 0.800 bits per heavy atom. The van der Waals surface area contributed by atoms with Crippen molar-refractivity contribution >= 4 is 23.0 Å². The number of benzene rings is 2. The highest BCUT2D eigenvalue weighted by Crippen LogP contribution is 2.42. The molecule has 4 nitrogen and oxygen atoms in total. The molecule has 1 aliphatic rings. The summed E-state index contributed by atoms with van der Waals surface area (Å²) >= 11 is 5.82.